The van der Waals surface area contributed by atoms with Crippen LogP contribution in [0.25, 0.3) is 0 Å². The number of primary amides is 1. The first-order valence-corrected chi connectivity index (χ1v) is 34.8. The summed E-state index contributed by atoms with van der Waals surface area (Å²) in [5.74, 6) is -1.88. The van der Waals surface area contributed by atoms with E-state index in [1.807, 2.05) is 19.0 Å². The van der Waals surface area contributed by atoms with Gasteiger partial charge in [0.2, 0.25) is 29.5 Å². The summed E-state index contributed by atoms with van der Waals surface area (Å²) >= 11 is 1.22. The minimum Gasteiger partial charge on any atom is -0.412 e. The number of nitrogens with two attached hydrogens (primary N) is 1. The Balaban J connectivity index is 0.0000810. The third-order valence-electron chi connectivity index (χ3n) is 14.5. The molecule has 1 aliphatic rings. The molecule has 0 radical (unpaired) electrons. The van der Waals surface area contributed by atoms with Crippen LogP contribution in [0.1, 0.15) is 161 Å². The second-order valence-electron chi connectivity index (χ2n) is 22.6. The minimum atomic E-state index is -0.637. The highest BCUT2D eigenvalue weighted by Crippen LogP contribution is 2.28. The molecule has 3 atom stereocenters. The summed E-state index contributed by atoms with van der Waals surface area (Å²) in [4.78, 5) is 90.5. The maximum absolute atomic E-state index is 13.0. The SMILES string of the molecule is CCCCCCCCCCCC(=O)NC(CCCCCCCCOCCOCCOCCOCCOCCOCCOCCOCCOCCOCCOCCOCCCC(=O)CCN1C(=O)CC(SC[C@H](CC(=O)CCCN(C)C)C(=O)NC)C1=O)C(N)=O.O. The molecule has 0 aromatic heterocycles. The highest BCUT2D eigenvalue weighted by Gasteiger charge is 2.39. The fourth-order valence-corrected chi connectivity index (χ4v) is 10.6. The van der Waals surface area contributed by atoms with Gasteiger partial charge in [0.1, 0.15) is 17.6 Å². The first-order valence-electron chi connectivity index (χ1n) is 33.8. The predicted octanol–water partition coefficient (Wildman–Crippen LogP) is 5.25. The van der Waals surface area contributed by atoms with E-state index in [1.54, 1.807) is 0 Å². The van der Waals surface area contributed by atoms with Gasteiger partial charge in [0.25, 0.3) is 0 Å². The van der Waals surface area contributed by atoms with E-state index in [2.05, 4.69) is 17.6 Å². The largest absolute Gasteiger partial charge is 0.412 e. The summed E-state index contributed by atoms with van der Waals surface area (Å²) in [6, 6.07) is -0.576. The molecule has 26 heteroatoms. The number of imide groups is 1. The highest BCUT2D eigenvalue weighted by atomic mass is 32.2. The number of ketones is 2. The Morgan fingerprint density at radius 1 is 0.505 bits per heavy atom. The molecule has 0 aromatic rings. The maximum atomic E-state index is 13.0. The van der Waals surface area contributed by atoms with Crippen molar-refractivity contribution in [2.75, 3.05) is 199 Å². The zero-order chi connectivity index (χ0) is 65.6. The van der Waals surface area contributed by atoms with Crippen LogP contribution < -0.4 is 16.4 Å². The Kier molecular flexibility index (Phi) is 63.0. The van der Waals surface area contributed by atoms with E-state index in [0.717, 1.165) is 62.8 Å². The molecular weight excluding hydrogens is 1200 g/mol. The molecule has 1 heterocycles. The van der Waals surface area contributed by atoms with Crippen molar-refractivity contribution in [1.82, 2.24) is 20.4 Å². The number of likely N-dealkylation sites (tertiary alicyclic amines) is 1. The molecule has 91 heavy (non-hydrogen) atoms. The first-order chi connectivity index (χ1) is 43.9. The topological polar surface area (TPSA) is 318 Å². The van der Waals surface area contributed by atoms with Gasteiger partial charge in [0.05, 0.1) is 157 Å². The van der Waals surface area contributed by atoms with Crippen molar-refractivity contribution in [2.45, 2.75) is 172 Å². The van der Waals surface area contributed by atoms with Crippen molar-refractivity contribution in [3.8, 4) is 0 Å². The number of Topliss-reactive ketones (excluding diaryl/α,β-unsaturated/α-hetero) is 2. The normalized spacial score (nSPS) is 13.9. The van der Waals surface area contributed by atoms with Crippen LogP contribution in [-0.2, 0) is 90.4 Å². The van der Waals surface area contributed by atoms with Crippen LogP contribution >= 0.6 is 11.8 Å². The van der Waals surface area contributed by atoms with Crippen LogP contribution in [-0.4, -0.2) is 266 Å². The summed E-state index contributed by atoms with van der Waals surface area (Å²) in [6.07, 6.45) is 20.1. The third kappa shape index (κ3) is 55.7. The van der Waals surface area contributed by atoms with Crippen molar-refractivity contribution in [2.24, 2.45) is 11.7 Å². The number of hydrogen-bond donors (Lipinski definition) is 3. The Bertz CT molecular complexity index is 1780. The number of carbonyl (C=O) groups is 7. The maximum Gasteiger partial charge on any atom is 0.242 e. The molecule has 1 rings (SSSR count). The molecule has 1 fully saturated rings. The standard InChI is InChI=1S/C65H121N5O19S.H2O/c1-5-6-7-8-9-10-11-15-18-25-61(73)68-59(63(66)75)24-17-14-12-13-16-19-29-78-31-33-80-35-37-82-39-41-84-43-45-86-47-49-88-51-52-89-50-48-87-46-44-85-42-40-83-38-36-81-34-32-79-30-21-23-57(71)26-28-70-62(74)54-60(65(70)77)90-55-56(64(76)67-2)53-58(72)22-20-27-69(3)4;/h56,59-60H,5-55H2,1-4H3,(H2,66,75)(H,67,76)(H,68,73);1H2/t56-,59?,60?;/m0./s1. The van der Waals surface area contributed by atoms with Crippen molar-refractivity contribution in [1.29, 1.82) is 0 Å². The number of carbonyl (C=O) groups excluding carboxylic acids is 7. The van der Waals surface area contributed by atoms with Crippen molar-refractivity contribution >= 4 is 52.9 Å². The molecule has 1 aliphatic heterocycles. The van der Waals surface area contributed by atoms with Crippen molar-refractivity contribution < 1.29 is 95.9 Å². The molecular formula is C65H123N5O20S. The molecule has 0 saturated carbocycles. The van der Waals surface area contributed by atoms with Gasteiger partial charge in [-0.3, -0.25) is 38.5 Å². The van der Waals surface area contributed by atoms with Crippen LogP contribution in [0.15, 0.2) is 0 Å². The van der Waals surface area contributed by atoms with Crippen LogP contribution in [0.4, 0.5) is 0 Å². The zero-order valence-corrected chi connectivity index (χ0v) is 57.2. The monoisotopic (exact) mass is 1330 g/mol. The Hall–Kier alpha value is -3.32. The average molecular weight is 1330 g/mol. The van der Waals surface area contributed by atoms with Crippen LogP contribution in [0, 0.1) is 5.92 Å². The van der Waals surface area contributed by atoms with Gasteiger partial charge in [-0.05, 0) is 52.7 Å². The third-order valence-corrected chi connectivity index (χ3v) is 15.9. The van der Waals surface area contributed by atoms with E-state index in [1.165, 1.54) is 63.8 Å². The molecule has 0 spiro atoms. The Labute approximate surface area is 549 Å². The van der Waals surface area contributed by atoms with Crippen LogP contribution in [0.2, 0.25) is 0 Å². The number of nitrogens with zero attached hydrogens (tertiary/aromatic N) is 2. The number of rotatable bonds is 71. The molecule has 1 saturated heterocycles. The summed E-state index contributed by atoms with van der Waals surface area (Å²) in [5, 5.41) is 4.81. The Morgan fingerprint density at radius 3 is 1.31 bits per heavy atom. The lowest BCUT2D eigenvalue weighted by Crippen LogP contribution is -2.44. The second kappa shape index (κ2) is 65.3. The zero-order valence-electron chi connectivity index (χ0n) is 56.4. The van der Waals surface area contributed by atoms with Crippen molar-refractivity contribution in [3.05, 3.63) is 0 Å². The lowest BCUT2D eigenvalue weighted by Gasteiger charge is -2.17. The van der Waals surface area contributed by atoms with E-state index >= 15 is 0 Å². The fraction of sp³-hybridized carbons (Fsp3) is 0.892. The van der Waals surface area contributed by atoms with Gasteiger partial charge in [-0.1, -0.05) is 90.4 Å². The van der Waals surface area contributed by atoms with E-state index in [0.29, 0.717) is 191 Å². The lowest BCUT2D eigenvalue weighted by atomic mass is 10.0. The number of thioether (sulfide) groups is 1. The number of ether oxygens (including phenoxy) is 12. The smallest absolute Gasteiger partial charge is 0.242 e. The summed E-state index contributed by atoms with van der Waals surface area (Å²) in [5.41, 5.74) is 5.57. The molecule has 0 aromatic carbocycles. The number of amides is 5. The van der Waals surface area contributed by atoms with E-state index in [-0.39, 0.29) is 78.7 Å². The lowest BCUT2D eigenvalue weighted by molar-refractivity contribution is -0.138. The molecule has 534 valence electrons. The molecule has 2 unspecified atom stereocenters. The van der Waals surface area contributed by atoms with Gasteiger partial charge in [-0.15, -0.1) is 11.8 Å². The molecule has 5 amide bonds. The minimum absolute atomic E-state index is 0. The Morgan fingerprint density at radius 2 is 0.890 bits per heavy atom. The molecule has 6 N–H and O–H groups in total. The van der Waals surface area contributed by atoms with Gasteiger partial charge in [-0.2, -0.15) is 0 Å². The number of hydrogen-bond acceptors (Lipinski definition) is 21. The van der Waals surface area contributed by atoms with E-state index in [9.17, 15) is 33.6 Å². The predicted molar refractivity (Wildman–Crippen MR) is 350 cm³/mol. The quantitative estimate of drug-likeness (QED) is 0.0517. The second-order valence-corrected chi connectivity index (χ2v) is 23.9. The molecule has 0 bridgehead atoms. The van der Waals surface area contributed by atoms with Gasteiger partial charge in [-0.25, -0.2) is 0 Å². The van der Waals surface area contributed by atoms with Crippen LogP contribution in [0.3, 0.4) is 0 Å². The number of nitrogens with one attached hydrogen (secondary N) is 2. The van der Waals surface area contributed by atoms with E-state index < -0.39 is 23.1 Å². The number of unbranched alkanes of at least 4 members (excludes halogenated alkanes) is 13. The van der Waals surface area contributed by atoms with Crippen LogP contribution in [0.5, 0.6) is 0 Å². The highest BCUT2D eigenvalue weighted by molar-refractivity contribution is 8.00. The first kappa shape index (κ1) is 87.7. The average Bonchev–Trinajstić information content (AvgIpc) is 1.82. The summed E-state index contributed by atoms with van der Waals surface area (Å²) in [7, 11) is 5.39. The molecule has 0 aliphatic carbocycles. The fourth-order valence-electron chi connectivity index (χ4n) is 9.31. The van der Waals surface area contributed by atoms with Gasteiger partial charge in [0.15, 0.2) is 0 Å². The van der Waals surface area contributed by atoms with Gasteiger partial charge >= 0.3 is 0 Å². The van der Waals surface area contributed by atoms with E-state index in [4.69, 9.17) is 62.6 Å². The van der Waals surface area contributed by atoms with Gasteiger partial charge in [0, 0.05) is 71.1 Å². The van der Waals surface area contributed by atoms with Crippen molar-refractivity contribution in [3.63, 3.8) is 0 Å². The van der Waals surface area contributed by atoms with Gasteiger partial charge < -0.3 is 83.6 Å². The summed E-state index contributed by atoms with van der Waals surface area (Å²) in [6.45, 7) is 14.3. The molecule has 25 nitrogen and oxygen atoms in total. The summed E-state index contributed by atoms with van der Waals surface area (Å²) < 4.78 is 66.7.